The molecule has 1 amide bonds. The van der Waals surface area contributed by atoms with Crippen molar-refractivity contribution in [1.82, 2.24) is 4.90 Å². The fourth-order valence-electron chi connectivity index (χ4n) is 4.54. The number of nitrogens with zero attached hydrogens (tertiary/aromatic N) is 2. The lowest BCUT2D eigenvalue weighted by Gasteiger charge is -2.46. The fourth-order valence-corrected chi connectivity index (χ4v) is 4.54. The lowest BCUT2D eigenvalue weighted by molar-refractivity contribution is -0.153. The highest BCUT2D eigenvalue weighted by Gasteiger charge is 2.52. The first-order chi connectivity index (χ1) is 15.1. The number of ether oxygens (including phenoxy) is 1. The summed E-state index contributed by atoms with van der Waals surface area (Å²) < 4.78 is 5.55. The van der Waals surface area contributed by atoms with E-state index in [4.69, 9.17) is 4.74 Å². The van der Waals surface area contributed by atoms with Gasteiger partial charge < -0.3 is 9.64 Å². The molecule has 2 fully saturated rings. The molecule has 1 saturated carbocycles. The summed E-state index contributed by atoms with van der Waals surface area (Å²) >= 11 is 0. The Labute approximate surface area is 197 Å². The predicted octanol–water partition coefficient (Wildman–Crippen LogP) is 4.49. The van der Waals surface area contributed by atoms with Crippen LogP contribution in [-0.2, 0) is 20.7 Å². The highest BCUT2D eigenvalue weighted by atomic mass is 35.5. The van der Waals surface area contributed by atoms with Crippen LogP contribution in [0.2, 0.25) is 0 Å². The van der Waals surface area contributed by atoms with Gasteiger partial charge in [0.1, 0.15) is 5.54 Å². The summed E-state index contributed by atoms with van der Waals surface area (Å²) in [7, 11) is 0. The van der Waals surface area contributed by atoms with Crippen molar-refractivity contribution in [3.8, 4) is 0 Å². The number of amides is 1. The van der Waals surface area contributed by atoms with Crippen LogP contribution in [0.4, 0.5) is 5.69 Å². The smallest absolute Gasteiger partial charge is 0.332 e. The number of anilines is 1. The SMILES string of the molecule is CCOC(=O)C1(N(C(=O)C2CC2)c2ccccc2)CCN(CCc2ccccc2)CC1.Cl. The number of para-hydroxylation sites is 1. The van der Waals surface area contributed by atoms with Gasteiger partial charge in [-0.25, -0.2) is 4.79 Å². The van der Waals surface area contributed by atoms with Crippen LogP contribution in [0.1, 0.15) is 38.2 Å². The van der Waals surface area contributed by atoms with E-state index in [1.54, 1.807) is 4.90 Å². The first-order valence-electron chi connectivity index (χ1n) is 11.5. The molecular formula is C26H33ClN2O3. The van der Waals surface area contributed by atoms with Gasteiger partial charge in [-0.1, -0.05) is 48.5 Å². The third-order valence-electron chi connectivity index (χ3n) is 6.49. The minimum atomic E-state index is -0.930. The molecule has 2 aromatic carbocycles. The normalized spacial score (nSPS) is 17.8. The minimum Gasteiger partial charge on any atom is -0.464 e. The molecule has 1 aliphatic heterocycles. The second-order valence-corrected chi connectivity index (χ2v) is 8.61. The first kappa shape index (κ1) is 24.3. The van der Waals surface area contributed by atoms with Gasteiger partial charge in [-0.2, -0.15) is 0 Å². The molecule has 5 nitrogen and oxygen atoms in total. The number of esters is 1. The van der Waals surface area contributed by atoms with Gasteiger partial charge in [0.15, 0.2) is 0 Å². The van der Waals surface area contributed by atoms with E-state index in [-0.39, 0.29) is 30.2 Å². The van der Waals surface area contributed by atoms with E-state index in [0.717, 1.165) is 44.6 Å². The molecule has 0 atom stereocenters. The van der Waals surface area contributed by atoms with Crippen molar-refractivity contribution in [2.75, 3.05) is 31.1 Å². The quantitative estimate of drug-likeness (QED) is 0.549. The molecule has 172 valence electrons. The third kappa shape index (κ3) is 5.33. The van der Waals surface area contributed by atoms with Crippen LogP contribution in [0.5, 0.6) is 0 Å². The average Bonchev–Trinajstić information content (AvgIpc) is 3.66. The zero-order chi connectivity index (χ0) is 21.7. The zero-order valence-corrected chi connectivity index (χ0v) is 19.6. The Bertz CT molecular complexity index is 878. The second kappa shape index (κ2) is 11.0. The van der Waals surface area contributed by atoms with E-state index < -0.39 is 5.54 Å². The Hall–Kier alpha value is -2.37. The molecule has 0 N–H and O–H groups in total. The summed E-state index contributed by atoms with van der Waals surface area (Å²) in [5, 5.41) is 0. The largest absolute Gasteiger partial charge is 0.464 e. The summed E-state index contributed by atoms with van der Waals surface area (Å²) in [6.07, 6.45) is 3.98. The van der Waals surface area contributed by atoms with Gasteiger partial charge in [-0.15, -0.1) is 12.4 Å². The molecule has 1 aliphatic carbocycles. The number of rotatable bonds is 8. The van der Waals surface area contributed by atoms with Gasteiger partial charge in [0.25, 0.3) is 0 Å². The number of piperidine rings is 1. The molecular weight excluding hydrogens is 424 g/mol. The number of hydrogen-bond donors (Lipinski definition) is 0. The Kier molecular flexibility index (Phi) is 8.32. The zero-order valence-electron chi connectivity index (χ0n) is 18.7. The van der Waals surface area contributed by atoms with E-state index in [1.807, 2.05) is 43.3 Å². The van der Waals surface area contributed by atoms with Gasteiger partial charge >= 0.3 is 5.97 Å². The lowest BCUT2D eigenvalue weighted by atomic mass is 9.84. The van der Waals surface area contributed by atoms with Crippen molar-refractivity contribution in [3.05, 3.63) is 66.2 Å². The Morgan fingerprint density at radius 3 is 2.16 bits per heavy atom. The number of carbonyl (C=O) groups excluding carboxylic acids is 2. The van der Waals surface area contributed by atoms with Crippen LogP contribution in [0, 0.1) is 5.92 Å². The number of hydrogen-bond acceptors (Lipinski definition) is 4. The highest BCUT2D eigenvalue weighted by Crippen LogP contribution is 2.40. The van der Waals surface area contributed by atoms with E-state index in [9.17, 15) is 9.59 Å². The number of benzene rings is 2. The molecule has 0 aromatic heterocycles. The van der Waals surface area contributed by atoms with E-state index in [2.05, 4.69) is 29.2 Å². The molecule has 2 aromatic rings. The standard InChI is InChI=1S/C26H32N2O3.ClH/c1-2-31-25(30)26(28(24(29)22-13-14-22)23-11-7-4-8-12-23)16-19-27(20-17-26)18-15-21-9-5-3-6-10-21;/h3-12,22H,2,13-20H2,1H3;1H. The minimum absolute atomic E-state index is 0. The summed E-state index contributed by atoms with van der Waals surface area (Å²) in [5.74, 6) is -0.171. The summed E-state index contributed by atoms with van der Waals surface area (Å²) in [6.45, 7) is 4.64. The van der Waals surface area contributed by atoms with Gasteiger partial charge in [-0.3, -0.25) is 9.69 Å². The van der Waals surface area contributed by atoms with Crippen molar-refractivity contribution in [2.45, 2.75) is 44.6 Å². The highest BCUT2D eigenvalue weighted by molar-refractivity contribution is 6.04. The van der Waals surface area contributed by atoms with E-state index in [1.165, 1.54) is 5.56 Å². The van der Waals surface area contributed by atoms with Crippen molar-refractivity contribution in [2.24, 2.45) is 5.92 Å². The van der Waals surface area contributed by atoms with Crippen LogP contribution in [0.3, 0.4) is 0 Å². The Morgan fingerprint density at radius 2 is 1.59 bits per heavy atom. The first-order valence-corrected chi connectivity index (χ1v) is 11.5. The van der Waals surface area contributed by atoms with Crippen LogP contribution in [0.25, 0.3) is 0 Å². The maximum absolute atomic E-state index is 13.4. The summed E-state index contributed by atoms with van der Waals surface area (Å²) in [6, 6.07) is 20.1. The molecule has 32 heavy (non-hydrogen) atoms. The van der Waals surface area contributed by atoms with Crippen molar-refractivity contribution < 1.29 is 14.3 Å². The molecule has 0 spiro atoms. The molecule has 2 aliphatic rings. The van der Waals surface area contributed by atoms with Crippen molar-refractivity contribution in [3.63, 3.8) is 0 Å². The fraction of sp³-hybridized carbons (Fsp3) is 0.462. The second-order valence-electron chi connectivity index (χ2n) is 8.61. The predicted molar refractivity (Wildman–Crippen MR) is 129 cm³/mol. The summed E-state index contributed by atoms with van der Waals surface area (Å²) in [5.41, 5.74) is 1.19. The van der Waals surface area contributed by atoms with Gasteiger partial charge in [0.05, 0.1) is 6.61 Å². The maximum Gasteiger partial charge on any atom is 0.332 e. The molecule has 4 rings (SSSR count). The third-order valence-corrected chi connectivity index (χ3v) is 6.49. The van der Waals surface area contributed by atoms with Crippen molar-refractivity contribution >= 4 is 30.0 Å². The topological polar surface area (TPSA) is 49.9 Å². The van der Waals surface area contributed by atoms with Crippen LogP contribution in [0.15, 0.2) is 60.7 Å². The maximum atomic E-state index is 13.4. The molecule has 1 heterocycles. The monoisotopic (exact) mass is 456 g/mol. The number of likely N-dealkylation sites (tertiary alicyclic amines) is 1. The average molecular weight is 457 g/mol. The summed E-state index contributed by atoms with van der Waals surface area (Å²) in [4.78, 5) is 30.9. The van der Waals surface area contributed by atoms with E-state index in [0.29, 0.717) is 19.4 Å². The molecule has 0 bridgehead atoms. The number of carbonyl (C=O) groups is 2. The van der Waals surface area contributed by atoms with Gasteiger partial charge in [-0.05, 0) is 56.7 Å². The van der Waals surface area contributed by atoms with Gasteiger partial charge in [0, 0.05) is 31.2 Å². The Balaban J connectivity index is 0.00000289. The van der Waals surface area contributed by atoms with Gasteiger partial charge in [0.2, 0.25) is 5.91 Å². The van der Waals surface area contributed by atoms with Crippen molar-refractivity contribution in [1.29, 1.82) is 0 Å². The molecule has 0 radical (unpaired) electrons. The van der Waals surface area contributed by atoms with Crippen LogP contribution in [-0.4, -0.2) is 48.6 Å². The molecule has 0 unspecified atom stereocenters. The molecule has 6 heteroatoms. The lowest BCUT2D eigenvalue weighted by Crippen LogP contribution is -2.63. The number of halogens is 1. The molecule has 1 saturated heterocycles. The van der Waals surface area contributed by atoms with Crippen LogP contribution >= 0.6 is 12.4 Å². The van der Waals surface area contributed by atoms with Crippen LogP contribution < -0.4 is 4.90 Å². The van der Waals surface area contributed by atoms with E-state index >= 15 is 0 Å². The Morgan fingerprint density at radius 1 is 1.00 bits per heavy atom.